The van der Waals surface area contributed by atoms with Crippen molar-refractivity contribution < 1.29 is 9.47 Å². The minimum Gasteiger partial charge on any atom is -0.493 e. The second-order valence-corrected chi connectivity index (χ2v) is 4.72. The molecule has 2 aromatic rings. The molecule has 0 fully saturated rings. The lowest BCUT2D eigenvalue weighted by molar-refractivity contribution is 0.247. The van der Waals surface area contributed by atoms with Gasteiger partial charge in [0, 0.05) is 12.5 Å². The molecular formula is C17H21NO2. The van der Waals surface area contributed by atoms with Crippen molar-refractivity contribution >= 4 is 0 Å². The summed E-state index contributed by atoms with van der Waals surface area (Å²) in [5, 5.41) is 0. The standard InChI is InChI=1S/C17H21NO2/c1-14(18)15-8-10-17(11-9-15)20-13-5-12-19-16-6-3-2-4-7-16/h2-4,6-11,14H,5,12-13,18H2,1H3/t14-/m0/s1. The van der Waals surface area contributed by atoms with Gasteiger partial charge in [-0.2, -0.15) is 0 Å². The van der Waals surface area contributed by atoms with Gasteiger partial charge in [-0.3, -0.25) is 0 Å². The van der Waals surface area contributed by atoms with E-state index in [1.54, 1.807) is 0 Å². The summed E-state index contributed by atoms with van der Waals surface area (Å²) in [4.78, 5) is 0. The molecule has 0 aliphatic heterocycles. The Morgan fingerprint density at radius 3 is 1.95 bits per heavy atom. The third kappa shape index (κ3) is 4.59. The maximum Gasteiger partial charge on any atom is 0.119 e. The maximum absolute atomic E-state index is 5.80. The van der Waals surface area contributed by atoms with E-state index in [1.165, 1.54) is 0 Å². The van der Waals surface area contributed by atoms with Crippen molar-refractivity contribution in [2.75, 3.05) is 13.2 Å². The van der Waals surface area contributed by atoms with E-state index < -0.39 is 0 Å². The van der Waals surface area contributed by atoms with Crippen LogP contribution in [0.2, 0.25) is 0 Å². The fourth-order valence-electron chi connectivity index (χ4n) is 1.82. The molecule has 106 valence electrons. The second kappa shape index (κ2) is 7.56. The molecule has 0 aromatic heterocycles. The Morgan fingerprint density at radius 1 is 0.850 bits per heavy atom. The van der Waals surface area contributed by atoms with E-state index in [2.05, 4.69) is 0 Å². The van der Waals surface area contributed by atoms with Gasteiger partial charge in [-0.1, -0.05) is 30.3 Å². The van der Waals surface area contributed by atoms with Crippen LogP contribution in [-0.2, 0) is 0 Å². The van der Waals surface area contributed by atoms with E-state index in [4.69, 9.17) is 15.2 Å². The molecule has 0 amide bonds. The molecule has 1 atom stereocenters. The molecule has 2 aromatic carbocycles. The van der Waals surface area contributed by atoms with E-state index >= 15 is 0 Å². The molecule has 0 radical (unpaired) electrons. The lowest BCUT2D eigenvalue weighted by Gasteiger charge is -2.09. The van der Waals surface area contributed by atoms with Crippen molar-refractivity contribution in [3.8, 4) is 11.5 Å². The summed E-state index contributed by atoms with van der Waals surface area (Å²) in [6.45, 7) is 3.27. The number of hydrogen-bond donors (Lipinski definition) is 1. The van der Waals surface area contributed by atoms with E-state index in [0.717, 1.165) is 23.5 Å². The predicted molar refractivity (Wildman–Crippen MR) is 81.1 cm³/mol. The van der Waals surface area contributed by atoms with Crippen LogP contribution < -0.4 is 15.2 Å². The first-order valence-electron chi connectivity index (χ1n) is 6.92. The first kappa shape index (κ1) is 14.4. The minimum atomic E-state index is 0.0586. The molecule has 0 unspecified atom stereocenters. The number of nitrogens with two attached hydrogens (primary N) is 1. The zero-order valence-electron chi connectivity index (χ0n) is 11.8. The van der Waals surface area contributed by atoms with Crippen molar-refractivity contribution in [1.82, 2.24) is 0 Å². The van der Waals surface area contributed by atoms with Crippen molar-refractivity contribution in [2.45, 2.75) is 19.4 Å². The van der Waals surface area contributed by atoms with E-state index in [0.29, 0.717) is 13.2 Å². The van der Waals surface area contributed by atoms with Crippen LogP contribution >= 0.6 is 0 Å². The summed E-state index contributed by atoms with van der Waals surface area (Å²) in [5.41, 5.74) is 6.92. The third-order valence-electron chi connectivity index (χ3n) is 2.98. The molecule has 0 aliphatic rings. The maximum atomic E-state index is 5.80. The summed E-state index contributed by atoms with van der Waals surface area (Å²) in [6.07, 6.45) is 0.851. The zero-order valence-corrected chi connectivity index (χ0v) is 11.8. The highest BCUT2D eigenvalue weighted by Gasteiger charge is 1.99. The molecule has 20 heavy (non-hydrogen) atoms. The molecule has 0 spiro atoms. The topological polar surface area (TPSA) is 44.5 Å². The number of benzene rings is 2. The molecular weight excluding hydrogens is 250 g/mol. The first-order chi connectivity index (χ1) is 9.75. The Bertz CT molecular complexity index is 494. The second-order valence-electron chi connectivity index (χ2n) is 4.72. The summed E-state index contributed by atoms with van der Waals surface area (Å²) in [7, 11) is 0. The van der Waals surface area contributed by atoms with Gasteiger partial charge < -0.3 is 15.2 Å². The Kier molecular flexibility index (Phi) is 5.44. The number of ether oxygens (including phenoxy) is 2. The quantitative estimate of drug-likeness (QED) is 0.783. The average Bonchev–Trinajstić information content (AvgIpc) is 2.48. The highest BCUT2D eigenvalue weighted by Crippen LogP contribution is 2.16. The highest BCUT2D eigenvalue weighted by molar-refractivity contribution is 5.28. The van der Waals surface area contributed by atoms with Gasteiger partial charge in [0.15, 0.2) is 0 Å². The molecule has 0 aliphatic carbocycles. The highest BCUT2D eigenvalue weighted by atomic mass is 16.5. The fraction of sp³-hybridized carbons (Fsp3) is 0.294. The molecule has 0 saturated carbocycles. The number of para-hydroxylation sites is 1. The van der Waals surface area contributed by atoms with Crippen LogP contribution in [-0.4, -0.2) is 13.2 Å². The summed E-state index contributed by atoms with van der Waals surface area (Å²) in [6, 6.07) is 17.8. The molecule has 3 heteroatoms. The van der Waals surface area contributed by atoms with Crippen LogP contribution in [0.3, 0.4) is 0 Å². The van der Waals surface area contributed by atoms with E-state index in [-0.39, 0.29) is 6.04 Å². The van der Waals surface area contributed by atoms with Crippen LogP contribution in [0.4, 0.5) is 0 Å². The largest absolute Gasteiger partial charge is 0.493 e. The molecule has 2 rings (SSSR count). The lowest BCUT2D eigenvalue weighted by atomic mass is 10.1. The number of hydrogen-bond acceptors (Lipinski definition) is 3. The lowest BCUT2D eigenvalue weighted by Crippen LogP contribution is -2.06. The summed E-state index contributed by atoms with van der Waals surface area (Å²) < 4.78 is 11.3. The third-order valence-corrected chi connectivity index (χ3v) is 2.98. The van der Waals surface area contributed by atoms with E-state index in [9.17, 15) is 0 Å². The van der Waals surface area contributed by atoms with E-state index in [1.807, 2.05) is 61.5 Å². The Balaban J connectivity index is 1.66. The Morgan fingerprint density at radius 2 is 1.40 bits per heavy atom. The Labute approximate surface area is 120 Å². The van der Waals surface area contributed by atoms with Gasteiger partial charge >= 0.3 is 0 Å². The van der Waals surface area contributed by atoms with Crippen molar-refractivity contribution in [1.29, 1.82) is 0 Å². The molecule has 3 nitrogen and oxygen atoms in total. The summed E-state index contributed by atoms with van der Waals surface area (Å²) in [5.74, 6) is 1.77. The molecule has 0 saturated heterocycles. The monoisotopic (exact) mass is 271 g/mol. The van der Waals surface area contributed by atoms with Gasteiger partial charge in [0.05, 0.1) is 13.2 Å². The fourth-order valence-corrected chi connectivity index (χ4v) is 1.82. The predicted octanol–water partition coefficient (Wildman–Crippen LogP) is 3.55. The Hall–Kier alpha value is -2.00. The number of rotatable bonds is 7. The minimum absolute atomic E-state index is 0.0586. The van der Waals surface area contributed by atoms with Crippen LogP contribution in [0.15, 0.2) is 54.6 Å². The van der Waals surface area contributed by atoms with Gasteiger partial charge in [0.1, 0.15) is 11.5 Å². The zero-order chi connectivity index (χ0) is 14.2. The van der Waals surface area contributed by atoms with Gasteiger partial charge in [0.2, 0.25) is 0 Å². The normalized spacial score (nSPS) is 11.9. The van der Waals surface area contributed by atoms with Crippen LogP contribution in [0.1, 0.15) is 24.9 Å². The molecule has 0 bridgehead atoms. The molecule has 0 heterocycles. The summed E-state index contributed by atoms with van der Waals surface area (Å²) >= 11 is 0. The first-order valence-corrected chi connectivity index (χ1v) is 6.92. The molecule has 2 N–H and O–H groups in total. The van der Waals surface area contributed by atoms with Crippen molar-refractivity contribution in [3.05, 3.63) is 60.2 Å². The van der Waals surface area contributed by atoms with Crippen molar-refractivity contribution in [3.63, 3.8) is 0 Å². The van der Waals surface area contributed by atoms with Gasteiger partial charge in [-0.25, -0.2) is 0 Å². The SMILES string of the molecule is C[C@H](N)c1ccc(OCCCOc2ccccc2)cc1. The average molecular weight is 271 g/mol. The van der Waals surface area contributed by atoms with Crippen LogP contribution in [0.25, 0.3) is 0 Å². The van der Waals surface area contributed by atoms with Crippen molar-refractivity contribution in [2.24, 2.45) is 5.73 Å². The van der Waals surface area contributed by atoms with Crippen LogP contribution in [0, 0.1) is 0 Å². The van der Waals surface area contributed by atoms with Gasteiger partial charge in [-0.15, -0.1) is 0 Å². The smallest absolute Gasteiger partial charge is 0.119 e. The van der Waals surface area contributed by atoms with Gasteiger partial charge in [-0.05, 0) is 36.8 Å². The van der Waals surface area contributed by atoms with Crippen LogP contribution in [0.5, 0.6) is 11.5 Å². The van der Waals surface area contributed by atoms with Gasteiger partial charge in [0.25, 0.3) is 0 Å².